The third-order valence-corrected chi connectivity index (χ3v) is 2.83. The van der Waals surface area contributed by atoms with Crippen LogP contribution in [0.1, 0.15) is 13.3 Å². The molecule has 1 fully saturated rings. The molecule has 18 heavy (non-hydrogen) atoms. The Labute approximate surface area is 108 Å². The molecule has 1 aliphatic rings. The first-order valence-corrected chi connectivity index (χ1v) is 6.33. The molecule has 0 aromatic rings. The molecular formula is C12H22N2O4. The van der Waals surface area contributed by atoms with Crippen LogP contribution in [-0.4, -0.2) is 74.7 Å². The summed E-state index contributed by atoms with van der Waals surface area (Å²) in [5.74, 6) is -0.206. The molecular weight excluding hydrogens is 236 g/mol. The van der Waals surface area contributed by atoms with Crippen LogP contribution in [0, 0.1) is 0 Å². The van der Waals surface area contributed by atoms with Crippen molar-refractivity contribution in [2.45, 2.75) is 13.3 Å². The van der Waals surface area contributed by atoms with E-state index < -0.39 is 0 Å². The zero-order valence-electron chi connectivity index (χ0n) is 11.2. The number of hydrogen-bond acceptors (Lipinski definition) is 5. The molecule has 0 saturated carbocycles. The van der Waals surface area contributed by atoms with E-state index in [2.05, 4.69) is 4.90 Å². The van der Waals surface area contributed by atoms with E-state index in [1.165, 1.54) is 0 Å². The smallest absolute Gasteiger partial charge is 0.332 e. The molecule has 0 radical (unpaired) electrons. The maximum atomic E-state index is 11.6. The third-order valence-electron chi connectivity index (χ3n) is 2.83. The van der Waals surface area contributed by atoms with E-state index in [1.807, 2.05) is 7.05 Å². The average molecular weight is 258 g/mol. The molecule has 0 unspecified atom stereocenters. The predicted octanol–water partition coefficient (Wildman–Crippen LogP) is -0.270. The summed E-state index contributed by atoms with van der Waals surface area (Å²) in [6.07, 6.45) is 0.972. The van der Waals surface area contributed by atoms with E-state index in [-0.39, 0.29) is 18.5 Å². The Balaban J connectivity index is 2.15. The first-order valence-electron chi connectivity index (χ1n) is 6.33. The van der Waals surface area contributed by atoms with E-state index in [9.17, 15) is 9.59 Å². The van der Waals surface area contributed by atoms with Crippen LogP contribution in [0.3, 0.4) is 0 Å². The zero-order valence-corrected chi connectivity index (χ0v) is 11.2. The van der Waals surface area contributed by atoms with Crippen LogP contribution in [-0.2, 0) is 19.1 Å². The van der Waals surface area contributed by atoms with E-state index >= 15 is 0 Å². The Kier molecular flexibility index (Phi) is 6.67. The van der Waals surface area contributed by atoms with Crippen molar-refractivity contribution in [2.24, 2.45) is 0 Å². The van der Waals surface area contributed by atoms with Crippen molar-refractivity contribution < 1.29 is 19.1 Å². The molecule has 1 heterocycles. The van der Waals surface area contributed by atoms with Gasteiger partial charge in [0, 0.05) is 26.7 Å². The first-order chi connectivity index (χ1) is 8.63. The average Bonchev–Trinajstić information content (AvgIpc) is 2.48. The maximum absolute atomic E-state index is 11.6. The van der Waals surface area contributed by atoms with Crippen molar-refractivity contribution in [1.29, 1.82) is 0 Å². The highest BCUT2D eigenvalue weighted by molar-refractivity contribution is 5.78. The predicted molar refractivity (Wildman–Crippen MR) is 66.1 cm³/mol. The van der Waals surface area contributed by atoms with Gasteiger partial charge in [0.25, 0.3) is 0 Å². The fourth-order valence-corrected chi connectivity index (χ4v) is 1.79. The molecule has 0 bridgehead atoms. The summed E-state index contributed by atoms with van der Waals surface area (Å²) in [6, 6.07) is 0. The molecule has 0 spiro atoms. The van der Waals surface area contributed by atoms with Crippen molar-refractivity contribution in [3.8, 4) is 0 Å². The minimum absolute atomic E-state index is 0.0183. The molecule has 0 aromatic heterocycles. The standard InChI is InChI=1S/C12H22N2O4/c1-3-18-12(16)10-17-8-7-14-6-4-5-13(2)11(15)9-14/h3-10H2,1-2H3. The topological polar surface area (TPSA) is 59.1 Å². The highest BCUT2D eigenvalue weighted by Gasteiger charge is 2.18. The number of likely N-dealkylation sites (N-methyl/N-ethyl adjacent to an activating group) is 1. The van der Waals surface area contributed by atoms with Crippen LogP contribution >= 0.6 is 0 Å². The van der Waals surface area contributed by atoms with Crippen molar-refractivity contribution >= 4 is 11.9 Å². The van der Waals surface area contributed by atoms with Crippen LogP contribution in [0.4, 0.5) is 0 Å². The summed E-state index contributed by atoms with van der Waals surface area (Å²) in [5.41, 5.74) is 0. The summed E-state index contributed by atoms with van der Waals surface area (Å²) in [7, 11) is 1.82. The lowest BCUT2D eigenvalue weighted by Crippen LogP contribution is -2.36. The minimum Gasteiger partial charge on any atom is -0.464 e. The van der Waals surface area contributed by atoms with E-state index in [0.717, 1.165) is 19.5 Å². The molecule has 0 aliphatic carbocycles. The normalized spacial score (nSPS) is 17.7. The molecule has 1 saturated heterocycles. The molecule has 1 aliphatic heterocycles. The molecule has 6 nitrogen and oxygen atoms in total. The summed E-state index contributed by atoms with van der Waals surface area (Å²) >= 11 is 0. The van der Waals surface area contributed by atoms with Crippen LogP contribution in [0.2, 0.25) is 0 Å². The van der Waals surface area contributed by atoms with E-state index in [0.29, 0.717) is 26.3 Å². The monoisotopic (exact) mass is 258 g/mol. The Morgan fingerprint density at radius 1 is 1.39 bits per heavy atom. The highest BCUT2D eigenvalue weighted by Crippen LogP contribution is 2.01. The quantitative estimate of drug-likeness (QED) is 0.485. The number of carbonyl (C=O) groups is 2. The number of ether oxygens (including phenoxy) is 2. The van der Waals surface area contributed by atoms with Crippen LogP contribution in [0.15, 0.2) is 0 Å². The van der Waals surface area contributed by atoms with Gasteiger partial charge in [0.05, 0.1) is 19.8 Å². The second kappa shape index (κ2) is 8.05. The summed E-state index contributed by atoms with van der Waals surface area (Å²) in [5, 5.41) is 0. The number of esters is 1. The summed E-state index contributed by atoms with van der Waals surface area (Å²) < 4.78 is 9.96. The van der Waals surface area contributed by atoms with Gasteiger partial charge in [-0.3, -0.25) is 9.69 Å². The molecule has 0 atom stereocenters. The van der Waals surface area contributed by atoms with Crippen molar-refractivity contribution in [1.82, 2.24) is 9.80 Å². The Morgan fingerprint density at radius 3 is 2.89 bits per heavy atom. The molecule has 1 rings (SSSR count). The lowest BCUT2D eigenvalue weighted by atomic mass is 10.4. The highest BCUT2D eigenvalue weighted by atomic mass is 16.6. The van der Waals surface area contributed by atoms with Gasteiger partial charge in [-0.1, -0.05) is 0 Å². The van der Waals surface area contributed by atoms with Crippen molar-refractivity contribution in [3.05, 3.63) is 0 Å². The fraction of sp³-hybridized carbons (Fsp3) is 0.833. The zero-order chi connectivity index (χ0) is 13.4. The lowest BCUT2D eigenvalue weighted by molar-refractivity contribution is -0.148. The van der Waals surface area contributed by atoms with Gasteiger partial charge in [0.1, 0.15) is 6.61 Å². The van der Waals surface area contributed by atoms with Gasteiger partial charge >= 0.3 is 5.97 Å². The number of rotatable bonds is 6. The number of hydrogen-bond donors (Lipinski definition) is 0. The van der Waals surface area contributed by atoms with E-state index in [1.54, 1.807) is 11.8 Å². The number of amides is 1. The summed E-state index contributed by atoms with van der Waals surface area (Å²) in [6.45, 7) is 5.34. The largest absolute Gasteiger partial charge is 0.464 e. The van der Waals surface area contributed by atoms with Gasteiger partial charge in [0.15, 0.2) is 0 Å². The number of carbonyl (C=O) groups excluding carboxylic acids is 2. The molecule has 0 aromatic carbocycles. The van der Waals surface area contributed by atoms with Gasteiger partial charge in [-0.25, -0.2) is 4.79 Å². The van der Waals surface area contributed by atoms with Crippen molar-refractivity contribution in [3.63, 3.8) is 0 Å². The van der Waals surface area contributed by atoms with Crippen LogP contribution in [0.25, 0.3) is 0 Å². The number of nitrogens with zero attached hydrogens (tertiary/aromatic N) is 2. The Bertz CT molecular complexity index is 283. The SMILES string of the molecule is CCOC(=O)COCCN1CCCN(C)C(=O)C1. The lowest BCUT2D eigenvalue weighted by Gasteiger charge is -2.18. The minimum atomic E-state index is -0.343. The van der Waals surface area contributed by atoms with Gasteiger partial charge in [-0.2, -0.15) is 0 Å². The van der Waals surface area contributed by atoms with Gasteiger partial charge in [-0.15, -0.1) is 0 Å². The summed E-state index contributed by atoms with van der Waals surface area (Å²) in [4.78, 5) is 26.4. The van der Waals surface area contributed by atoms with Crippen molar-refractivity contribution in [2.75, 3.05) is 53.0 Å². The van der Waals surface area contributed by atoms with Gasteiger partial charge in [0.2, 0.25) is 5.91 Å². The van der Waals surface area contributed by atoms with E-state index in [4.69, 9.17) is 9.47 Å². The van der Waals surface area contributed by atoms with Crippen LogP contribution in [0.5, 0.6) is 0 Å². The molecule has 104 valence electrons. The third kappa shape index (κ3) is 5.46. The van der Waals surface area contributed by atoms with Gasteiger partial charge in [-0.05, 0) is 13.3 Å². The second-order valence-electron chi connectivity index (χ2n) is 4.30. The molecule has 6 heteroatoms. The molecule has 0 N–H and O–H groups in total. The molecule has 1 amide bonds. The first kappa shape index (κ1) is 14.9. The Hall–Kier alpha value is -1.14. The second-order valence-corrected chi connectivity index (χ2v) is 4.30. The fourth-order valence-electron chi connectivity index (χ4n) is 1.79. The van der Waals surface area contributed by atoms with Gasteiger partial charge < -0.3 is 14.4 Å². The van der Waals surface area contributed by atoms with Crippen LogP contribution < -0.4 is 0 Å². The maximum Gasteiger partial charge on any atom is 0.332 e. The Morgan fingerprint density at radius 2 is 2.17 bits per heavy atom.